The lowest BCUT2D eigenvalue weighted by molar-refractivity contribution is -0.275. The fourth-order valence-corrected chi connectivity index (χ4v) is 1.42. The molecule has 0 aliphatic rings. The maximum Gasteiger partial charge on any atom is 0.573 e. The molecule has 0 heterocycles. The average molecular weight is 291 g/mol. The minimum absolute atomic E-state index is 0.391. The molecule has 0 aliphatic heterocycles. The Kier molecular flexibility index (Phi) is 3.54. The minimum atomic E-state index is -4.90. The van der Waals surface area contributed by atoms with Crippen LogP contribution in [0.1, 0.15) is 12.0 Å². The Morgan fingerprint density at radius 2 is 1.80 bits per heavy atom. The highest BCUT2D eigenvalue weighted by molar-refractivity contribution is 9.10. The number of hydrogen-bond acceptors (Lipinski definition) is 1. The third-order valence-corrected chi connectivity index (χ3v) is 2.30. The zero-order valence-electron chi connectivity index (χ0n) is 6.99. The van der Waals surface area contributed by atoms with Crippen molar-refractivity contribution in [2.75, 3.05) is 0 Å². The minimum Gasteiger partial charge on any atom is -0.405 e. The monoisotopic (exact) mass is 290 g/mol. The van der Waals surface area contributed by atoms with Crippen LogP contribution in [0, 0.1) is 0 Å². The molecule has 1 nitrogen and oxygen atoms in total. The second kappa shape index (κ2) is 4.34. The fourth-order valence-electron chi connectivity index (χ4n) is 0.900. The molecule has 0 unspecified atom stereocenters. The van der Waals surface area contributed by atoms with Crippen molar-refractivity contribution in [1.82, 2.24) is 0 Å². The van der Waals surface area contributed by atoms with Gasteiger partial charge >= 0.3 is 6.36 Å². The van der Waals surface area contributed by atoms with Gasteiger partial charge in [0.15, 0.2) is 0 Å². The van der Waals surface area contributed by atoms with Crippen molar-refractivity contribution in [3.05, 3.63) is 28.2 Å². The Bertz CT molecular complexity index is 349. The van der Waals surface area contributed by atoms with Gasteiger partial charge in [-0.2, -0.15) is 0 Å². The van der Waals surface area contributed by atoms with E-state index in [1.54, 1.807) is 0 Å². The molecule has 0 atom stereocenters. The van der Waals surface area contributed by atoms with E-state index in [0.717, 1.165) is 18.2 Å². The lowest BCUT2D eigenvalue weighted by Crippen LogP contribution is -2.17. The number of rotatable bonds is 2. The van der Waals surface area contributed by atoms with Crippen LogP contribution in [-0.4, -0.2) is 6.36 Å². The van der Waals surface area contributed by atoms with E-state index in [1.165, 1.54) is 0 Å². The van der Waals surface area contributed by atoms with E-state index in [-0.39, 0.29) is 0 Å². The first-order valence-electron chi connectivity index (χ1n) is 3.63. The van der Waals surface area contributed by atoms with Gasteiger partial charge in [0, 0.05) is 5.56 Å². The maximum absolute atomic E-state index is 12.3. The predicted molar refractivity (Wildman–Crippen MR) is 45.8 cm³/mol. The fraction of sp³-hybridized carbons (Fsp3) is 0.250. The summed E-state index contributed by atoms with van der Waals surface area (Å²) >= 11 is 2.63. The molecular formula is C8H4BrF5O. The summed E-state index contributed by atoms with van der Waals surface area (Å²) in [7, 11) is 0. The lowest BCUT2D eigenvalue weighted by Gasteiger charge is -2.12. The largest absolute Gasteiger partial charge is 0.573 e. The number of benzene rings is 1. The van der Waals surface area contributed by atoms with Gasteiger partial charge in [-0.15, -0.1) is 13.2 Å². The van der Waals surface area contributed by atoms with Gasteiger partial charge in [-0.3, -0.25) is 0 Å². The summed E-state index contributed by atoms with van der Waals surface area (Å²) in [6, 6.07) is 3.02. The van der Waals surface area contributed by atoms with Crippen molar-refractivity contribution in [1.29, 1.82) is 0 Å². The van der Waals surface area contributed by atoms with E-state index in [4.69, 9.17) is 0 Å². The van der Waals surface area contributed by atoms with Crippen LogP contribution in [0.4, 0.5) is 22.0 Å². The Morgan fingerprint density at radius 1 is 1.20 bits per heavy atom. The van der Waals surface area contributed by atoms with Crippen LogP contribution in [0.5, 0.6) is 5.75 Å². The summed E-state index contributed by atoms with van der Waals surface area (Å²) in [5.41, 5.74) is -0.545. The van der Waals surface area contributed by atoms with Crippen LogP contribution in [0.3, 0.4) is 0 Å². The van der Waals surface area contributed by atoms with E-state index in [9.17, 15) is 22.0 Å². The molecule has 0 saturated carbocycles. The van der Waals surface area contributed by atoms with E-state index < -0.39 is 28.6 Å². The first kappa shape index (κ1) is 12.2. The van der Waals surface area contributed by atoms with Gasteiger partial charge in [-0.25, -0.2) is 8.78 Å². The third kappa shape index (κ3) is 3.33. The van der Waals surface area contributed by atoms with Crippen LogP contribution < -0.4 is 4.74 Å². The normalized spacial score (nSPS) is 11.9. The van der Waals surface area contributed by atoms with Gasteiger partial charge in [0.05, 0.1) is 4.47 Å². The Morgan fingerprint density at radius 3 is 2.27 bits per heavy atom. The van der Waals surface area contributed by atoms with Crippen molar-refractivity contribution in [3.63, 3.8) is 0 Å². The first-order valence-corrected chi connectivity index (χ1v) is 4.43. The van der Waals surface area contributed by atoms with Gasteiger partial charge in [0.1, 0.15) is 5.75 Å². The topological polar surface area (TPSA) is 9.23 Å². The molecule has 0 fully saturated rings. The molecule has 1 aromatic carbocycles. The van der Waals surface area contributed by atoms with E-state index in [2.05, 4.69) is 20.7 Å². The molecule has 84 valence electrons. The highest BCUT2D eigenvalue weighted by Gasteiger charge is 2.32. The van der Waals surface area contributed by atoms with Crippen molar-refractivity contribution in [3.8, 4) is 5.75 Å². The lowest BCUT2D eigenvalue weighted by atomic mass is 10.2. The highest BCUT2D eigenvalue weighted by atomic mass is 79.9. The van der Waals surface area contributed by atoms with E-state index in [0.29, 0.717) is 0 Å². The van der Waals surface area contributed by atoms with E-state index >= 15 is 0 Å². The molecule has 0 amide bonds. The molecule has 0 N–H and O–H groups in total. The molecule has 0 saturated heterocycles. The zero-order valence-corrected chi connectivity index (χ0v) is 8.57. The summed E-state index contributed by atoms with van der Waals surface area (Å²) in [6.07, 6.45) is -7.76. The third-order valence-electron chi connectivity index (χ3n) is 1.45. The molecule has 0 bridgehead atoms. The van der Waals surface area contributed by atoms with Gasteiger partial charge in [0.2, 0.25) is 0 Å². The van der Waals surface area contributed by atoms with Crippen LogP contribution in [0.2, 0.25) is 0 Å². The van der Waals surface area contributed by atoms with Crippen molar-refractivity contribution in [2.45, 2.75) is 12.8 Å². The summed E-state index contributed by atoms with van der Waals surface area (Å²) < 4.78 is 63.2. The van der Waals surface area contributed by atoms with Crippen molar-refractivity contribution < 1.29 is 26.7 Å². The Labute approximate surface area is 90.0 Å². The molecule has 1 aromatic rings. The van der Waals surface area contributed by atoms with Gasteiger partial charge in [-0.05, 0) is 22.0 Å². The van der Waals surface area contributed by atoms with Crippen LogP contribution in [0.15, 0.2) is 22.7 Å². The second-order valence-corrected chi connectivity index (χ2v) is 3.30. The molecular weight excluding hydrogens is 287 g/mol. The summed E-state index contributed by atoms with van der Waals surface area (Å²) in [4.78, 5) is 0. The van der Waals surface area contributed by atoms with Gasteiger partial charge < -0.3 is 4.74 Å². The molecule has 0 radical (unpaired) electrons. The smallest absolute Gasteiger partial charge is 0.405 e. The van der Waals surface area contributed by atoms with Crippen LogP contribution in [-0.2, 0) is 0 Å². The van der Waals surface area contributed by atoms with E-state index in [1.807, 2.05) is 0 Å². The summed E-state index contributed by atoms with van der Waals surface area (Å²) in [5.74, 6) is -0.680. The quantitative estimate of drug-likeness (QED) is 0.739. The van der Waals surface area contributed by atoms with Crippen LogP contribution in [0.25, 0.3) is 0 Å². The predicted octanol–water partition coefficient (Wildman–Crippen LogP) is 4.29. The zero-order chi connectivity index (χ0) is 11.6. The molecule has 0 spiro atoms. The SMILES string of the molecule is FC(F)c1cccc(OC(F)(F)F)c1Br. The molecule has 0 aliphatic carbocycles. The van der Waals surface area contributed by atoms with Crippen molar-refractivity contribution in [2.24, 2.45) is 0 Å². The number of ether oxygens (including phenoxy) is 1. The summed E-state index contributed by atoms with van der Waals surface area (Å²) in [6.45, 7) is 0. The standard InChI is InChI=1S/C8H4BrF5O/c9-6-4(7(10)11)2-1-3-5(6)15-8(12,13)14/h1-3,7H. The number of hydrogen-bond donors (Lipinski definition) is 0. The second-order valence-electron chi connectivity index (χ2n) is 2.51. The maximum atomic E-state index is 12.3. The van der Waals surface area contributed by atoms with Gasteiger partial charge in [0.25, 0.3) is 6.43 Å². The first-order chi connectivity index (χ1) is 6.81. The summed E-state index contributed by atoms with van der Waals surface area (Å²) in [5, 5.41) is 0. The Hall–Kier alpha value is -0.850. The molecule has 15 heavy (non-hydrogen) atoms. The Balaban J connectivity index is 3.05. The highest BCUT2D eigenvalue weighted by Crippen LogP contribution is 2.36. The van der Waals surface area contributed by atoms with Crippen LogP contribution >= 0.6 is 15.9 Å². The van der Waals surface area contributed by atoms with Crippen molar-refractivity contribution >= 4 is 15.9 Å². The molecule has 7 heteroatoms. The average Bonchev–Trinajstić information content (AvgIpc) is 2.05. The molecule has 1 rings (SSSR count). The number of alkyl halides is 5. The molecule has 0 aromatic heterocycles. The number of halogens is 6. The van der Waals surface area contributed by atoms with Gasteiger partial charge in [-0.1, -0.05) is 12.1 Å².